The summed E-state index contributed by atoms with van der Waals surface area (Å²) >= 11 is 3.52. The molecule has 1 rings (SSSR count). The summed E-state index contributed by atoms with van der Waals surface area (Å²) in [5.41, 5.74) is 1.41. The van der Waals surface area contributed by atoms with Gasteiger partial charge in [-0.1, -0.05) is 66.7 Å². The number of halogens is 1. The Morgan fingerprint density at radius 2 is 1.87 bits per heavy atom. The third kappa shape index (κ3) is 4.21. The van der Waals surface area contributed by atoms with Crippen LogP contribution in [0.5, 0.6) is 0 Å². The normalized spacial score (nSPS) is 12.8. The van der Waals surface area contributed by atoms with Crippen LogP contribution in [-0.2, 0) is 6.42 Å². The first-order valence-corrected chi connectivity index (χ1v) is 6.28. The fourth-order valence-corrected chi connectivity index (χ4v) is 2.58. The highest BCUT2D eigenvalue weighted by Crippen LogP contribution is 2.28. The van der Waals surface area contributed by atoms with E-state index in [1.54, 1.807) is 0 Å². The SMILES string of the molecule is C=C(Br)C(CCc1ccccc1)C(C)C. The van der Waals surface area contributed by atoms with Gasteiger partial charge in [-0.05, 0) is 34.7 Å². The number of rotatable bonds is 5. The van der Waals surface area contributed by atoms with E-state index in [4.69, 9.17) is 0 Å². The van der Waals surface area contributed by atoms with Gasteiger partial charge in [-0.2, -0.15) is 0 Å². The first kappa shape index (κ1) is 12.5. The van der Waals surface area contributed by atoms with Crippen molar-refractivity contribution in [2.45, 2.75) is 26.7 Å². The third-order valence-corrected chi connectivity index (χ3v) is 3.38. The first-order valence-electron chi connectivity index (χ1n) is 5.49. The van der Waals surface area contributed by atoms with Gasteiger partial charge in [0.15, 0.2) is 0 Å². The molecule has 0 aliphatic heterocycles. The van der Waals surface area contributed by atoms with Crippen LogP contribution in [0.1, 0.15) is 25.8 Å². The van der Waals surface area contributed by atoms with Gasteiger partial charge in [-0.15, -0.1) is 0 Å². The van der Waals surface area contributed by atoms with E-state index < -0.39 is 0 Å². The van der Waals surface area contributed by atoms with Crippen molar-refractivity contribution in [2.24, 2.45) is 11.8 Å². The molecule has 0 nitrogen and oxygen atoms in total. The van der Waals surface area contributed by atoms with Crippen LogP contribution in [0.25, 0.3) is 0 Å². The Morgan fingerprint density at radius 3 is 2.33 bits per heavy atom. The lowest BCUT2D eigenvalue weighted by Gasteiger charge is -2.19. The van der Waals surface area contributed by atoms with Crippen LogP contribution >= 0.6 is 15.9 Å². The van der Waals surface area contributed by atoms with Crippen LogP contribution in [0, 0.1) is 11.8 Å². The summed E-state index contributed by atoms with van der Waals surface area (Å²) in [6.07, 6.45) is 2.31. The van der Waals surface area contributed by atoms with Gasteiger partial charge < -0.3 is 0 Å². The number of hydrogen-bond acceptors (Lipinski definition) is 0. The maximum absolute atomic E-state index is 4.01. The van der Waals surface area contributed by atoms with Crippen molar-refractivity contribution in [2.75, 3.05) is 0 Å². The molecule has 0 saturated heterocycles. The summed E-state index contributed by atoms with van der Waals surface area (Å²) < 4.78 is 1.13. The molecule has 1 unspecified atom stereocenters. The zero-order valence-electron chi connectivity index (χ0n) is 9.54. The predicted octanol–water partition coefficient (Wildman–Crippen LogP) is 4.80. The van der Waals surface area contributed by atoms with Crippen LogP contribution in [0.15, 0.2) is 41.4 Å². The molecule has 15 heavy (non-hydrogen) atoms. The Kier molecular flexibility index (Phi) is 5.10. The fraction of sp³-hybridized carbons (Fsp3) is 0.429. The summed E-state index contributed by atoms with van der Waals surface area (Å²) in [7, 11) is 0. The molecule has 0 radical (unpaired) electrons. The van der Waals surface area contributed by atoms with Crippen LogP contribution in [-0.4, -0.2) is 0 Å². The molecule has 0 aliphatic carbocycles. The highest BCUT2D eigenvalue weighted by atomic mass is 79.9. The molecule has 0 aliphatic rings. The van der Waals surface area contributed by atoms with Crippen LogP contribution in [0.3, 0.4) is 0 Å². The van der Waals surface area contributed by atoms with Gasteiger partial charge in [-0.3, -0.25) is 0 Å². The smallest absolute Gasteiger partial charge is 0.00754 e. The molecular formula is C14H19Br. The van der Waals surface area contributed by atoms with Gasteiger partial charge in [0.2, 0.25) is 0 Å². The number of aryl methyl sites for hydroxylation is 1. The van der Waals surface area contributed by atoms with Gasteiger partial charge in [0.05, 0.1) is 0 Å². The minimum Gasteiger partial charge on any atom is -0.0886 e. The quantitative estimate of drug-likeness (QED) is 0.718. The molecule has 0 bridgehead atoms. The van der Waals surface area contributed by atoms with Gasteiger partial charge in [-0.25, -0.2) is 0 Å². The highest BCUT2D eigenvalue weighted by molar-refractivity contribution is 9.11. The summed E-state index contributed by atoms with van der Waals surface area (Å²) in [4.78, 5) is 0. The Balaban J connectivity index is 2.51. The minimum atomic E-state index is 0.574. The molecule has 0 saturated carbocycles. The molecule has 0 N–H and O–H groups in total. The van der Waals surface area contributed by atoms with Crippen molar-refractivity contribution in [3.63, 3.8) is 0 Å². The minimum absolute atomic E-state index is 0.574. The van der Waals surface area contributed by atoms with E-state index in [2.05, 4.69) is 66.7 Å². The largest absolute Gasteiger partial charge is 0.0886 e. The lowest BCUT2D eigenvalue weighted by molar-refractivity contribution is 0.433. The Bertz CT molecular complexity index is 300. The zero-order valence-corrected chi connectivity index (χ0v) is 11.1. The Labute approximate surface area is 102 Å². The summed E-state index contributed by atoms with van der Waals surface area (Å²) in [5.74, 6) is 1.23. The van der Waals surface area contributed by atoms with E-state index in [0.717, 1.165) is 10.9 Å². The number of allylic oxidation sites excluding steroid dienone is 1. The summed E-state index contributed by atoms with van der Waals surface area (Å²) in [6.45, 7) is 8.51. The molecule has 0 fully saturated rings. The van der Waals surface area contributed by atoms with Gasteiger partial charge in [0.1, 0.15) is 0 Å². The standard InChI is InChI=1S/C14H19Br/c1-11(2)14(12(3)15)10-9-13-7-5-4-6-8-13/h4-8,11,14H,3,9-10H2,1-2H3. The van der Waals surface area contributed by atoms with Gasteiger partial charge in [0, 0.05) is 0 Å². The van der Waals surface area contributed by atoms with Crippen molar-refractivity contribution in [1.82, 2.24) is 0 Å². The fourth-order valence-electron chi connectivity index (χ4n) is 1.82. The molecule has 82 valence electrons. The number of hydrogen-bond donors (Lipinski definition) is 0. The molecule has 1 heteroatoms. The second-order valence-corrected chi connectivity index (χ2v) is 5.34. The molecule has 1 aromatic carbocycles. The van der Waals surface area contributed by atoms with Gasteiger partial charge >= 0.3 is 0 Å². The predicted molar refractivity (Wildman–Crippen MR) is 71.2 cm³/mol. The maximum atomic E-state index is 4.01. The van der Waals surface area contributed by atoms with E-state index >= 15 is 0 Å². The lowest BCUT2D eigenvalue weighted by Crippen LogP contribution is -2.09. The van der Waals surface area contributed by atoms with Crippen LogP contribution < -0.4 is 0 Å². The van der Waals surface area contributed by atoms with Crippen molar-refractivity contribution in [3.8, 4) is 0 Å². The van der Waals surface area contributed by atoms with Gasteiger partial charge in [0.25, 0.3) is 0 Å². The second kappa shape index (κ2) is 6.12. The molecule has 0 aromatic heterocycles. The van der Waals surface area contributed by atoms with E-state index in [1.807, 2.05) is 0 Å². The van der Waals surface area contributed by atoms with E-state index in [0.29, 0.717) is 11.8 Å². The monoisotopic (exact) mass is 266 g/mol. The van der Waals surface area contributed by atoms with Crippen molar-refractivity contribution in [1.29, 1.82) is 0 Å². The molecule has 1 aromatic rings. The molecule has 0 spiro atoms. The van der Waals surface area contributed by atoms with E-state index in [-0.39, 0.29) is 0 Å². The molecule has 1 atom stereocenters. The topological polar surface area (TPSA) is 0 Å². The average molecular weight is 267 g/mol. The average Bonchev–Trinajstić information content (AvgIpc) is 2.18. The third-order valence-electron chi connectivity index (χ3n) is 2.79. The molecular weight excluding hydrogens is 248 g/mol. The highest BCUT2D eigenvalue weighted by Gasteiger charge is 2.14. The molecule has 0 amide bonds. The maximum Gasteiger partial charge on any atom is -0.00754 e. The van der Waals surface area contributed by atoms with Crippen molar-refractivity contribution < 1.29 is 0 Å². The van der Waals surface area contributed by atoms with E-state index in [1.165, 1.54) is 12.0 Å². The van der Waals surface area contributed by atoms with Crippen molar-refractivity contribution in [3.05, 3.63) is 47.0 Å². The number of benzene rings is 1. The molecule has 0 heterocycles. The van der Waals surface area contributed by atoms with Crippen molar-refractivity contribution >= 4 is 15.9 Å². The van der Waals surface area contributed by atoms with Crippen LogP contribution in [0.2, 0.25) is 0 Å². The summed E-state index contributed by atoms with van der Waals surface area (Å²) in [5, 5.41) is 0. The van der Waals surface area contributed by atoms with Crippen LogP contribution in [0.4, 0.5) is 0 Å². The first-order chi connectivity index (χ1) is 7.11. The Hall–Kier alpha value is -0.560. The van der Waals surface area contributed by atoms with E-state index in [9.17, 15) is 0 Å². The lowest BCUT2D eigenvalue weighted by atomic mass is 9.90. The zero-order chi connectivity index (χ0) is 11.3. The summed E-state index contributed by atoms with van der Waals surface area (Å²) in [6, 6.07) is 10.6. The second-order valence-electron chi connectivity index (χ2n) is 4.32. The Morgan fingerprint density at radius 1 is 1.27 bits per heavy atom.